The molecule has 2 aliphatic heterocycles. The molecule has 2 aromatic heterocycles. The fraction of sp³-hybridized carbons (Fsp3) is 0.500. The zero-order chi connectivity index (χ0) is 17.3. The van der Waals surface area contributed by atoms with E-state index < -0.39 is 0 Å². The van der Waals surface area contributed by atoms with Gasteiger partial charge in [0.1, 0.15) is 11.5 Å². The van der Waals surface area contributed by atoms with Gasteiger partial charge in [-0.2, -0.15) is 0 Å². The molecule has 132 valence electrons. The van der Waals surface area contributed by atoms with Gasteiger partial charge >= 0.3 is 0 Å². The maximum Gasteiger partial charge on any atom is 0.228 e. The number of aromatic nitrogens is 1. The van der Waals surface area contributed by atoms with Crippen molar-refractivity contribution in [3.8, 4) is 0 Å². The van der Waals surface area contributed by atoms with Gasteiger partial charge in [0, 0.05) is 37.4 Å². The van der Waals surface area contributed by atoms with Gasteiger partial charge in [0.15, 0.2) is 0 Å². The Morgan fingerprint density at radius 2 is 1.92 bits per heavy atom. The van der Waals surface area contributed by atoms with Crippen molar-refractivity contribution in [2.75, 3.05) is 13.1 Å². The fourth-order valence-corrected chi connectivity index (χ4v) is 4.13. The van der Waals surface area contributed by atoms with E-state index in [1.54, 1.807) is 12.4 Å². The number of furan rings is 1. The van der Waals surface area contributed by atoms with Crippen LogP contribution in [0.3, 0.4) is 0 Å². The lowest BCUT2D eigenvalue weighted by molar-refractivity contribution is -0.121. The summed E-state index contributed by atoms with van der Waals surface area (Å²) >= 11 is 0. The van der Waals surface area contributed by atoms with E-state index >= 15 is 0 Å². The highest BCUT2D eigenvalue weighted by Crippen LogP contribution is 2.39. The molecule has 0 saturated carbocycles. The summed E-state index contributed by atoms with van der Waals surface area (Å²) in [6.07, 6.45) is 7.37. The van der Waals surface area contributed by atoms with E-state index in [1.807, 2.05) is 12.1 Å². The lowest BCUT2D eigenvalue weighted by Crippen LogP contribution is -2.50. The predicted molar refractivity (Wildman–Crippen MR) is 95.1 cm³/mol. The van der Waals surface area contributed by atoms with Gasteiger partial charge in [0.25, 0.3) is 0 Å². The van der Waals surface area contributed by atoms with Crippen LogP contribution in [0.2, 0.25) is 0 Å². The Morgan fingerprint density at radius 3 is 2.60 bits per heavy atom. The van der Waals surface area contributed by atoms with Gasteiger partial charge in [-0.1, -0.05) is 6.92 Å². The maximum absolute atomic E-state index is 12.5. The van der Waals surface area contributed by atoms with E-state index in [-0.39, 0.29) is 17.4 Å². The van der Waals surface area contributed by atoms with E-state index in [0.717, 1.165) is 62.4 Å². The van der Waals surface area contributed by atoms with Gasteiger partial charge in [-0.3, -0.25) is 14.7 Å². The number of aryl methyl sites for hydroxylation is 1. The van der Waals surface area contributed by atoms with Gasteiger partial charge < -0.3 is 9.73 Å². The first-order valence-electron chi connectivity index (χ1n) is 9.19. The molecule has 0 radical (unpaired) electrons. The van der Waals surface area contributed by atoms with E-state index in [0.29, 0.717) is 0 Å². The number of hydrogen-bond acceptors (Lipinski definition) is 4. The van der Waals surface area contributed by atoms with Crippen molar-refractivity contribution in [1.29, 1.82) is 0 Å². The number of amides is 1. The van der Waals surface area contributed by atoms with Crippen LogP contribution >= 0.6 is 0 Å². The smallest absolute Gasteiger partial charge is 0.228 e. The molecule has 4 heterocycles. The van der Waals surface area contributed by atoms with Crippen LogP contribution in [0, 0.1) is 0 Å². The third-order valence-corrected chi connectivity index (χ3v) is 5.67. The second-order valence-electron chi connectivity index (χ2n) is 7.30. The number of pyridine rings is 1. The monoisotopic (exact) mass is 339 g/mol. The standard InChI is InChI=1S/C20H25N3O2/c1-2-16-3-4-17(25-16)14-23-11-7-20(8-12-23)13-18(19(24)22-20)15-5-9-21-10-6-15/h3-6,9-10,18H,2,7-8,11-14H2,1H3,(H,22,24). The van der Waals surface area contributed by atoms with Crippen LogP contribution in [0.15, 0.2) is 41.1 Å². The number of hydrogen-bond donors (Lipinski definition) is 1. The van der Waals surface area contributed by atoms with Crippen LogP contribution in [0.25, 0.3) is 0 Å². The van der Waals surface area contributed by atoms with Crippen molar-refractivity contribution >= 4 is 5.91 Å². The fourth-order valence-electron chi connectivity index (χ4n) is 4.13. The minimum atomic E-state index is -0.0424. The Kier molecular flexibility index (Phi) is 4.34. The number of piperidine rings is 1. The molecular formula is C20H25N3O2. The van der Waals surface area contributed by atoms with Gasteiger partial charge in [0.2, 0.25) is 5.91 Å². The summed E-state index contributed by atoms with van der Waals surface area (Å²) in [6.45, 7) is 4.95. The second-order valence-corrected chi connectivity index (χ2v) is 7.30. The van der Waals surface area contributed by atoms with E-state index in [2.05, 4.69) is 34.3 Å². The molecular weight excluding hydrogens is 314 g/mol. The Morgan fingerprint density at radius 1 is 1.20 bits per heavy atom. The van der Waals surface area contributed by atoms with Crippen molar-refractivity contribution in [3.05, 3.63) is 53.7 Å². The Hall–Kier alpha value is -2.14. The Labute approximate surface area is 148 Å². The average Bonchev–Trinajstić information content (AvgIpc) is 3.22. The van der Waals surface area contributed by atoms with Gasteiger partial charge in [-0.25, -0.2) is 0 Å². The average molecular weight is 339 g/mol. The summed E-state index contributed by atoms with van der Waals surface area (Å²) in [5, 5.41) is 3.31. The molecule has 2 saturated heterocycles. The number of carbonyl (C=O) groups excluding carboxylic acids is 1. The van der Waals surface area contributed by atoms with Crippen LogP contribution in [-0.2, 0) is 17.8 Å². The molecule has 0 aromatic carbocycles. The lowest BCUT2D eigenvalue weighted by Gasteiger charge is -2.39. The Bertz CT molecular complexity index is 732. The topological polar surface area (TPSA) is 58.4 Å². The van der Waals surface area contributed by atoms with Crippen molar-refractivity contribution in [3.63, 3.8) is 0 Å². The van der Waals surface area contributed by atoms with Crippen LogP contribution in [0.1, 0.15) is 49.2 Å². The first kappa shape index (κ1) is 16.3. The summed E-state index contributed by atoms with van der Waals surface area (Å²) < 4.78 is 5.83. The van der Waals surface area contributed by atoms with Gasteiger partial charge in [0.05, 0.1) is 12.5 Å². The quantitative estimate of drug-likeness (QED) is 0.930. The molecule has 2 aromatic rings. The lowest BCUT2D eigenvalue weighted by atomic mass is 9.82. The molecule has 2 fully saturated rings. The Balaban J connectivity index is 1.37. The van der Waals surface area contributed by atoms with Crippen LogP contribution < -0.4 is 5.32 Å². The normalized spacial score (nSPS) is 23.1. The van der Waals surface area contributed by atoms with Crippen molar-refractivity contribution < 1.29 is 9.21 Å². The minimum absolute atomic E-state index is 0.0354. The molecule has 1 spiro atoms. The highest BCUT2D eigenvalue weighted by atomic mass is 16.3. The summed E-state index contributed by atoms with van der Waals surface area (Å²) in [7, 11) is 0. The summed E-state index contributed by atoms with van der Waals surface area (Å²) in [4.78, 5) is 19.0. The minimum Gasteiger partial charge on any atom is -0.465 e. The molecule has 1 unspecified atom stereocenters. The molecule has 2 aliphatic rings. The summed E-state index contributed by atoms with van der Waals surface area (Å²) in [5.41, 5.74) is 1.04. The molecule has 1 N–H and O–H groups in total. The maximum atomic E-state index is 12.5. The highest BCUT2D eigenvalue weighted by molar-refractivity contribution is 5.87. The third kappa shape index (κ3) is 3.33. The van der Waals surface area contributed by atoms with Gasteiger partial charge in [-0.05, 0) is 49.1 Å². The number of nitrogens with one attached hydrogen (secondary N) is 1. The molecule has 0 aliphatic carbocycles. The second kappa shape index (κ2) is 6.64. The number of likely N-dealkylation sites (tertiary alicyclic amines) is 1. The molecule has 5 nitrogen and oxygen atoms in total. The summed E-state index contributed by atoms with van der Waals surface area (Å²) in [6, 6.07) is 8.07. The van der Waals surface area contributed by atoms with Crippen LogP contribution in [-0.4, -0.2) is 34.4 Å². The van der Waals surface area contributed by atoms with Gasteiger partial charge in [-0.15, -0.1) is 0 Å². The zero-order valence-corrected chi connectivity index (χ0v) is 14.7. The zero-order valence-electron chi connectivity index (χ0n) is 14.7. The molecule has 4 rings (SSSR count). The molecule has 0 bridgehead atoms. The number of carbonyl (C=O) groups is 1. The van der Waals surface area contributed by atoms with Crippen LogP contribution in [0.4, 0.5) is 0 Å². The third-order valence-electron chi connectivity index (χ3n) is 5.67. The van der Waals surface area contributed by atoms with E-state index in [9.17, 15) is 4.79 Å². The van der Waals surface area contributed by atoms with Crippen LogP contribution in [0.5, 0.6) is 0 Å². The highest BCUT2D eigenvalue weighted by Gasteiger charge is 2.46. The molecule has 1 amide bonds. The SMILES string of the molecule is CCc1ccc(CN2CCC3(CC2)CC(c2ccncc2)C(=O)N3)o1. The first-order chi connectivity index (χ1) is 12.2. The predicted octanol–water partition coefficient (Wildman–Crippen LogP) is 2.88. The van der Waals surface area contributed by atoms with Crippen molar-refractivity contribution in [2.45, 2.75) is 50.6 Å². The molecule has 25 heavy (non-hydrogen) atoms. The first-order valence-corrected chi connectivity index (χ1v) is 9.19. The number of rotatable bonds is 4. The molecule has 1 atom stereocenters. The van der Waals surface area contributed by atoms with Crippen molar-refractivity contribution in [1.82, 2.24) is 15.2 Å². The number of nitrogens with zero attached hydrogens (tertiary/aromatic N) is 2. The van der Waals surface area contributed by atoms with Crippen molar-refractivity contribution in [2.24, 2.45) is 0 Å². The van der Waals surface area contributed by atoms with E-state index in [1.165, 1.54) is 0 Å². The largest absolute Gasteiger partial charge is 0.465 e. The van der Waals surface area contributed by atoms with E-state index in [4.69, 9.17) is 4.42 Å². The summed E-state index contributed by atoms with van der Waals surface area (Å²) in [5.74, 6) is 2.22. The molecule has 5 heteroatoms.